The normalized spacial score (nSPS) is 17.3. The molecule has 1 aliphatic rings. The molecule has 0 radical (unpaired) electrons. The fraction of sp³-hybridized carbons (Fsp3) is 0.312. The maximum Gasteiger partial charge on any atom is 0.133 e. The Balaban J connectivity index is 1.87. The molecule has 1 aromatic carbocycles. The van der Waals surface area contributed by atoms with Crippen molar-refractivity contribution in [1.29, 1.82) is 0 Å². The number of para-hydroxylation sites is 1. The summed E-state index contributed by atoms with van der Waals surface area (Å²) >= 11 is 6.17. The third kappa shape index (κ3) is 2.51. The highest BCUT2D eigenvalue weighted by Crippen LogP contribution is 2.38. The highest BCUT2D eigenvalue weighted by Gasteiger charge is 2.27. The molecule has 1 atom stereocenters. The summed E-state index contributed by atoms with van der Waals surface area (Å²) < 4.78 is 0. The monoisotopic (exact) mass is 287 g/mol. The summed E-state index contributed by atoms with van der Waals surface area (Å²) in [7, 11) is 0. The summed E-state index contributed by atoms with van der Waals surface area (Å²) in [6.45, 7) is 2.52. The Kier molecular flexibility index (Phi) is 3.90. The van der Waals surface area contributed by atoms with Crippen molar-refractivity contribution in [1.82, 2.24) is 4.98 Å². The van der Waals surface area contributed by atoms with Gasteiger partial charge >= 0.3 is 0 Å². The summed E-state index contributed by atoms with van der Waals surface area (Å²) in [5, 5.41) is 0.590. The van der Waals surface area contributed by atoms with Crippen LogP contribution in [0.25, 0.3) is 0 Å². The number of anilines is 1. The van der Waals surface area contributed by atoms with Crippen LogP contribution in [0, 0.1) is 0 Å². The molecule has 3 nitrogen and oxygen atoms in total. The Morgan fingerprint density at radius 1 is 1.25 bits per heavy atom. The quantitative estimate of drug-likeness (QED) is 0.878. The van der Waals surface area contributed by atoms with Gasteiger partial charge < -0.3 is 10.6 Å². The first-order valence-electron chi connectivity index (χ1n) is 6.93. The smallest absolute Gasteiger partial charge is 0.133 e. The Morgan fingerprint density at radius 3 is 2.90 bits per heavy atom. The van der Waals surface area contributed by atoms with Crippen LogP contribution in [0.15, 0.2) is 42.6 Å². The van der Waals surface area contributed by atoms with Crippen LogP contribution in [0.4, 0.5) is 5.69 Å². The van der Waals surface area contributed by atoms with Crippen LogP contribution in [-0.2, 0) is 6.54 Å². The lowest BCUT2D eigenvalue weighted by Gasteiger charge is -2.20. The second-order valence-corrected chi connectivity index (χ2v) is 5.52. The molecule has 2 N–H and O–H groups in total. The van der Waals surface area contributed by atoms with Crippen LogP contribution in [0.1, 0.15) is 23.5 Å². The highest BCUT2D eigenvalue weighted by atomic mass is 35.5. The van der Waals surface area contributed by atoms with E-state index < -0.39 is 0 Å². The van der Waals surface area contributed by atoms with Crippen LogP contribution in [0.5, 0.6) is 0 Å². The van der Waals surface area contributed by atoms with Crippen molar-refractivity contribution in [2.75, 3.05) is 18.0 Å². The molecule has 0 saturated heterocycles. The molecule has 0 fully saturated rings. The van der Waals surface area contributed by atoms with Gasteiger partial charge in [-0.15, -0.1) is 0 Å². The van der Waals surface area contributed by atoms with E-state index in [1.165, 1.54) is 11.3 Å². The van der Waals surface area contributed by atoms with Crippen LogP contribution in [0.2, 0.25) is 5.15 Å². The maximum absolute atomic E-state index is 6.17. The zero-order valence-electron chi connectivity index (χ0n) is 11.3. The summed E-state index contributed by atoms with van der Waals surface area (Å²) in [4.78, 5) is 6.52. The number of benzene rings is 1. The van der Waals surface area contributed by atoms with E-state index in [9.17, 15) is 0 Å². The Morgan fingerprint density at radius 2 is 2.10 bits per heavy atom. The topological polar surface area (TPSA) is 42.1 Å². The van der Waals surface area contributed by atoms with Crippen molar-refractivity contribution in [3.8, 4) is 0 Å². The summed E-state index contributed by atoms with van der Waals surface area (Å²) in [5.41, 5.74) is 9.50. The zero-order valence-corrected chi connectivity index (χ0v) is 12.1. The van der Waals surface area contributed by atoms with Gasteiger partial charge in [-0.3, -0.25) is 0 Å². The van der Waals surface area contributed by atoms with E-state index in [0.29, 0.717) is 11.1 Å². The zero-order chi connectivity index (χ0) is 13.9. The van der Waals surface area contributed by atoms with Gasteiger partial charge in [0.25, 0.3) is 0 Å². The molecule has 2 aromatic rings. The van der Waals surface area contributed by atoms with Crippen LogP contribution >= 0.6 is 11.6 Å². The van der Waals surface area contributed by atoms with E-state index in [2.05, 4.69) is 34.1 Å². The van der Waals surface area contributed by atoms with Crippen LogP contribution in [0.3, 0.4) is 0 Å². The minimum absolute atomic E-state index is 0.520. The van der Waals surface area contributed by atoms with Crippen molar-refractivity contribution in [3.63, 3.8) is 0 Å². The van der Waals surface area contributed by atoms with Gasteiger partial charge in [0.1, 0.15) is 5.15 Å². The number of hydrogen-bond donors (Lipinski definition) is 1. The molecule has 0 spiro atoms. The van der Waals surface area contributed by atoms with Crippen molar-refractivity contribution >= 4 is 17.3 Å². The van der Waals surface area contributed by atoms with Crippen molar-refractivity contribution < 1.29 is 0 Å². The predicted molar refractivity (Wildman–Crippen MR) is 83.2 cm³/mol. The Bertz CT molecular complexity index is 600. The lowest BCUT2D eigenvalue weighted by Crippen LogP contribution is -2.22. The lowest BCUT2D eigenvalue weighted by atomic mass is 9.98. The Hall–Kier alpha value is -1.58. The van der Waals surface area contributed by atoms with Gasteiger partial charge in [0.2, 0.25) is 0 Å². The molecule has 0 amide bonds. The second-order valence-electron chi connectivity index (χ2n) is 5.17. The van der Waals surface area contributed by atoms with Gasteiger partial charge in [-0.05, 0) is 30.7 Å². The van der Waals surface area contributed by atoms with E-state index in [-0.39, 0.29) is 0 Å². The molecule has 3 rings (SSSR count). The summed E-state index contributed by atoms with van der Waals surface area (Å²) in [6.07, 6.45) is 2.75. The molecule has 1 aromatic heterocycles. The first-order valence-corrected chi connectivity index (χ1v) is 7.30. The number of aromatic nitrogens is 1. The summed E-state index contributed by atoms with van der Waals surface area (Å²) in [6, 6.07) is 12.5. The minimum atomic E-state index is 0.520. The molecule has 1 unspecified atom stereocenters. The van der Waals surface area contributed by atoms with Crippen molar-refractivity contribution in [3.05, 3.63) is 58.9 Å². The molecular formula is C16H18ClN3. The molecule has 0 bridgehead atoms. The molecule has 20 heavy (non-hydrogen) atoms. The van der Waals surface area contributed by atoms with E-state index in [1.54, 1.807) is 6.20 Å². The minimum Gasteiger partial charge on any atom is -0.366 e. The number of nitrogens with zero attached hydrogens (tertiary/aromatic N) is 2. The molecule has 0 aliphatic carbocycles. The fourth-order valence-corrected chi connectivity index (χ4v) is 3.10. The molecule has 104 valence electrons. The summed E-state index contributed by atoms with van der Waals surface area (Å²) in [5.74, 6) is 0.520. The first-order chi connectivity index (χ1) is 9.79. The molecule has 4 heteroatoms. The van der Waals surface area contributed by atoms with Gasteiger partial charge in [0.05, 0.1) is 0 Å². The number of nitrogens with two attached hydrogens (primary N) is 1. The van der Waals surface area contributed by atoms with Crippen molar-refractivity contribution in [2.24, 2.45) is 5.73 Å². The van der Waals surface area contributed by atoms with Gasteiger partial charge in [0, 0.05) is 36.5 Å². The number of rotatable bonds is 4. The maximum atomic E-state index is 6.17. The first kappa shape index (κ1) is 13.4. The number of halogens is 1. The Labute approximate surface area is 124 Å². The van der Waals surface area contributed by atoms with E-state index in [0.717, 1.165) is 31.6 Å². The molecule has 0 saturated carbocycles. The van der Waals surface area contributed by atoms with E-state index in [4.69, 9.17) is 17.3 Å². The molecule has 1 aliphatic heterocycles. The van der Waals surface area contributed by atoms with Gasteiger partial charge in [-0.2, -0.15) is 0 Å². The molecule has 2 heterocycles. The van der Waals surface area contributed by atoms with Crippen LogP contribution in [-0.4, -0.2) is 18.1 Å². The highest BCUT2D eigenvalue weighted by molar-refractivity contribution is 6.30. The van der Waals surface area contributed by atoms with Gasteiger partial charge in [-0.25, -0.2) is 4.98 Å². The fourth-order valence-electron chi connectivity index (χ4n) is 2.92. The largest absolute Gasteiger partial charge is 0.366 e. The van der Waals surface area contributed by atoms with Gasteiger partial charge in [-0.1, -0.05) is 35.9 Å². The third-order valence-electron chi connectivity index (χ3n) is 3.87. The predicted octanol–water partition coefficient (Wildman–Crippen LogP) is 3.19. The average molecular weight is 288 g/mol. The molecular weight excluding hydrogens is 270 g/mol. The average Bonchev–Trinajstić information content (AvgIpc) is 2.81. The van der Waals surface area contributed by atoms with E-state index in [1.807, 2.05) is 12.1 Å². The van der Waals surface area contributed by atoms with Crippen molar-refractivity contribution in [2.45, 2.75) is 18.9 Å². The second kappa shape index (κ2) is 5.81. The lowest BCUT2D eigenvalue weighted by molar-refractivity contribution is 0.644. The SMILES string of the molecule is NCCC1CN(Cc2cccnc2Cl)c2ccccc21. The third-order valence-corrected chi connectivity index (χ3v) is 4.21. The standard InChI is InChI=1S/C16H18ClN3/c17-16-13(4-3-9-19-16)11-20-10-12(7-8-18)14-5-1-2-6-15(14)20/h1-6,9,12H,7-8,10-11,18H2. The number of hydrogen-bond acceptors (Lipinski definition) is 3. The van der Waals surface area contributed by atoms with E-state index >= 15 is 0 Å². The number of fused-ring (bicyclic) bond motifs is 1. The van der Waals surface area contributed by atoms with Crippen LogP contribution < -0.4 is 10.6 Å². The number of pyridine rings is 1. The van der Waals surface area contributed by atoms with Gasteiger partial charge in [0.15, 0.2) is 0 Å².